The number of hydrogen-bond donors (Lipinski definition) is 12. The molecule has 4 rings (SSSR count). The number of carbonyl (C=O) groups is 9. The van der Waals surface area contributed by atoms with Crippen LogP contribution in [0.1, 0.15) is 79.6 Å². The molecular weight excluding hydrogens is 959 g/mol. The van der Waals surface area contributed by atoms with Crippen molar-refractivity contribution in [3.05, 3.63) is 75.7 Å². The van der Waals surface area contributed by atoms with Gasteiger partial charge in [-0.2, -0.15) is 8.42 Å². The summed E-state index contributed by atoms with van der Waals surface area (Å²) < 4.78 is 33.7. The minimum absolute atomic E-state index is 0.0281. The smallest absolute Gasteiger partial charge is 0.290 e. The van der Waals surface area contributed by atoms with E-state index < -0.39 is 130 Å². The Labute approximate surface area is 405 Å². The maximum absolute atomic E-state index is 14.1. The van der Waals surface area contributed by atoms with E-state index in [2.05, 4.69) is 47.5 Å². The van der Waals surface area contributed by atoms with Crippen LogP contribution in [-0.4, -0.2) is 135 Å². The molecule has 2 aromatic carbocycles. The Morgan fingerprint density at radius 1 is 0.843 bits per heavy atom. The van der Waals surface area contributed by atoms with Crippen LogP contribution in [0.2, 0.25) is 0 Å². The van der Waals surface area contributed by atoms with E-state index >= 15 is 0 Å². The summed E-state index contributed by atoms with van der Waals surface area (Å²) in [7, 11) is -4.96. The van der Waals surface area contributed by atoms with Crippen molar-refractivity contribution in [1.82, 2.24) is 47.5 Å². The van der Waals surface area contributed by atoms with Crippen LogP contribution in [0.25, 0.3) is 6.08 Å². The number of carbonyl (C=O) groups excluding carboxylic acids is 9. The number of phenols is 3. The van der Waals surface area contributed by atoms with Crippen LogP contribution >= 0.6 is 11.3 Å². The highest BCUT2D eigenvalue weighted by molar-refractivity contribution is 7.85. The Morgan fingerprint density at radius 2 is 1.53 bits per heavy atom. The number of rotatable bonds is 14. The Hall–Kier alpha value is -7.45. The molecule has 1 aliphatic rings. The minimum Gasteiger partial charge on any atom is -0.508 e. The van der Waals surface area contributed by atoms with Crippen LogP contribution in [0, 0.1) is 5.92 Å². The van der Waals surface area contributed by atoms with Crippen molar-refractivity contribution in [2.24, 2.45) is 5.92 Å². The summed E-state index contributed by atoms with van der Waals surface area (Å²) in [6, 6.07) is 0.00555. The molecule has 0 radical (unpaired) electrons. The molecule has 0 spiro atoms. The van der Waals surface area contributed by atoms with Crippen LogP contribution in [0.15, 0.2) is 53.9 Å². The Morgan fingerprint density at radius 3 is 2.19 bits per heavy atom. The molecule has 0 aliphatic carbocycles. The number of benzene rings is 2. The third kappa shape index (κ3) is 16.7. The van der Waals surface area contributed by atoms with Crippen molar-refractivity contribution in [3.8, 4) is 17.2 Å². The van der Waals surface area contributed by atoms with Gasteiger partial charge in [0.05, 0.1) is 29.9 Å². The summed E-state index contributed by atoms with van der Waals surface area (Å²) in [6.45, 7) is 4.61. The van der Waals surface area contributed by atoms with Gasteiger partial charge in [-0.25, -0.2) is 4.98 Å². The predicted molar refractivity (Wildman–Crippen MR) is 250 cm³/mol. The van der Waals surface area contributed by atoms with Crippen molar-refractivity contribution in [3.63, 3.8) is 0 Å². The highest BCUT2D eigenvalue weighted by Gasteiger charge is 2.36. The number of ketones is 1. The molecule has 1 aliphatic heterocycles. The van der Waals surface area contributed by atoms with Gasteiger partial charge in [0.25, 0.3) is 21.9 Å². The number of nitrogens with one attached hydrogen (secondary N) is 8. The quantitative estimate of drug-likeness (QED) is 0.0522. The number of aromatic nitrogens is 1. The van der Waals surface area contributed by atoms with Crippen molar-refractivity contribution >= 4 is 80.6 Å². The first kappa shape index (κ1) is 55.1. The fraction of sp³-hybridized carbons (Fsp3) is 0.409. The van der Waals surface area contributed by atoms with E-state index in [4.69, 9.17) is 0 Å². The second-order valence-corrected chi connectivity index (χ2v) is 18.6. The van der Waals surface area contributed by atoms with Crippen LogP contribution in [-0.2, 0) is 54.9 Å². The van der Waals surface area contributed by atoms with Crippen LogP contribution in [0.3, 0.4) is 0 Å². The van der Waals surface area contributed by atoms with E-state index in [0.717, 1.165) is 35.6 Å². The lowest BCUT2D eigenvalue weighted by molar-refractivity contribution is -0.141. The second kappa shape index (κ2) is 25.2. The third-order valence-corrected chi connectivity index (χ3v) is 12.4. The SMILES string of the molecule is CCC[C@@H]1NC(=O)[C@@H](NC(=O)[C@H](C)NC(=O)CNC(=O)c2cc(O)ccc2O)CNC(=O)[C@@H](CS(=O)(=O)O)NC(=O)/C=C/c2csc(n2)[C@@H](Cc2ccc(O)cc2)NC(=O)C(=O)[C@H]([C@@H](C)CC)NC1=O. The number of Topliss-reactive ketones (excluding diaryl/α,β-unsaturated/α-hetero) is 1. The summed E-state index contributed by atoms with van der Waals surface area (Å²) >= 11 is 1.04. The zero-order valence-corrected chi connectivity index (χ0v) is 39.9. The maximum Gasteiger partial charge on any atom is 0.290 e. The van der Waals surface area contributed by atoms with Gasteiger partial charge in [0, 0.05) is 18.0 Å². The number of phenolic OH excluding ortho intramolecular Hbond substituents is 3. The Bertz CT molecular complexity index is 2590. The van der Waals surface area contributed by atoms with Crippen molar-refractivity contribution < 1.29 is 71.4 Å². The molecule has 24 nitrogen and oxygen atoms in total. The number of amides is 8. The molecule has 26 heteroatoms. The molecule has 378 valence electrons. The molecule has 12 N–H and O–H groups in total. The molecule has 8 amide bonds. The molecular formula is C44H55N9O15S2. The first-order valence-corrected chi connectivity index (χ1v) is 24.3. The van der Waals surface area contributed by atoms with Gasteiger partial charge in [-0.15, -0.1) is 11.3 Å². The minimum atomic E-state index is -4.96. The Kier molecular flexibility index (Phi) is 19.9. The molecule has 2 bridgehead atoms. The summed E-state index contributed by atoms with van der Waals surface area (Å²) in [5, 5.41) is 50.2. The number of aromatic hydroxyl groups is 3. The lowest BCUT2D eigenvalue weighted by Gasteiger charge is -2.28. The monoisotopic (exact) mass is 1010 g/mol. The maximum atomic E-state index is 14.1. The molecule has 0 unspecified atom stereocenters. The third-order valence-electron chi connectivity index (χ3n) is 10.7. The average molecular weight is 1010 g/mol. The first-order chi connectivity index (χ1) is 33.0. The number of thiazole rings is 1. The highest BCUT2D eigenvalue weighted by atomic mass is 32.2. The summed E-state index contributed by atoms with van der Waals surface area (Å²) in [5.74, 6) is -12.3. The molecule has 0 saturated carbocycles. The Balaban J connectivity index is 1.67. The lowest BCUT2D eigenvalue weighted by atomic mass is 9.94. The van der Waals surface area contributed by atoms with Gasteiger partial charge in [0.2, 0.25) is 41.2 Å². The summed E-state index contributed by atoms with van der Waals surface area (Å²) in [6.07, 6.45) is 2.65. The summed E-state index contributed by atoms with van der Waals surface area (Å²) in [4.78, 5) is 126. The first-order valence-electron chi connectivity index (χ1n) is 21.8. The van der Waals surface area contributed by atoms with Gasteiger partial charge < -0.3 is 57.9 Å². The van der Waals surface area contributed by atoms with E-state index in [0.29, 0.717) is 12.0 Å². The molecule has 2 heterocycles. The van der Waals surface area contributed by atoms with E-state index in [-0.39, 0.29) is 47.0 Å². The van der Waals surface area contributed by atoms with E-state index in [9.17, 15) is 71.4 Å². The van der Waals surface area contributed by atoms with Gasteiger partial charge in [-0.05, 0) is 67.7 Å². The van der Waals surface area contributed by atoms with Crippen LogP contribution in [0.4, 0.5) is 0 Å². The largest absolute Gasteiger partial charge is 0.508 e. The number of nitrogens with zero attached hydrogens (tertiary/aromatic N) is 1. The molecule has 3 aromatic rings. The van der Waals surface area contributed by atoms with Crippen molar-refractivity contribution in [1.29, 1.82) is 0 Å². The topological polar surface area (TPSA) is 378 Å². The molecule has 0 saturated heterocycles. The fourth-order valence-corrected chi connectivity index (χ4v) is 8.18. The molecule has 1 aromatic heterocycles. The van der Waals surface area contributed by atoms with Crippen molar-refractivity contribution in [2.45, 2.75) is 89.6 Å². The lowest BCUT2D eigenvalue weighted by Crippen LogP contribution is -2.61. The number of fused-ring (bicyclic) bond motifs is 2. The number of hydrogen-bond acceptors (Lipinski definition) is 16. The predicted octanol–water partition coefficient (Wildman–Crippen LogP) is -1.02. The van der Waals surface area contributed by atoms with E-state index in [1.165, 1.54) is 30.5 Å². The highest BCUT2D eigenvalue weighted by Crippen LogP contribution is 2.25. The molecule has 7 atom stereocenters. The van der Waals surface area contributed by atoms with E-state index in [1.54, 1.807) is 32.9 Å². The summed E-state index contributed by atoms with van der Waals surface area (Å²) in [5.41, 5.74) is 0.409. The fourth-order valence-electron chi connectivity index (χ4n) is 6.69. The van der Waals surface area contributed by atoms with Crippen LogP contribution < -0.4 is 42.5 Å². The van der Waals surface area contributed by atoms with Crippen molar-refractivity contribution in [2.75, 3.05) is 18.8 Å². The van der Waals surface area contributed by atoms with Crippen LogP contribution in [0.5, 0.6) is 17.2 Å². The van der Waals surface area contributed by atoms with Gasteiger partial charge in [-0.3, -0.25) is 47.7 Å². The average Bonchev–Trinajstić information content (AvgIpc) is 3.79. The van der Waals surface area contributed by atoms with E-state index in [1.807, 2.05) is 0 Å². The standard InChI is InChI=1S/C44H55N9O15S2/c1-5-7-29-41(63)53-36(22(3)6-2)37(59)43(65)51-30(16-24-8-11-26(54)12-9-24)44-48-25(20-69-44)10-15-34(57)49-32(21-70(66,67)68)40(62)45-18-31(42(64)50-29)52-38(60)23(4)47-35(58)19-46-39(61)28-17-27(55)13-14-33(28)56/h8-15,17,20,22-23,29-32,36,54-56H,5-7,16,18-19,21H2,1-4H3,(H,45,62)(H,46,61)(H,47,58)(H,49,57)(H,50,64)(H,51,65)(H,52,60)(H,53,63)(H,66,67,68)/b15-10+/t22-,23-,29-,30+,31-,32+,36-/m0/s1. The zero-order valence-electron chi connectivity index (χ0n) is 38.3. The normalized spacial score (nSPS) is 21.1. The second-order valence-electron chi connectivity index (χ2n) is 16.2. The van der Waals surface area contributed by atoms with Gasteiger partial charge in [0.1, 0.15) is 52.2 Å². The molecule has 70 heavy (non-hydrogen) atoms. The molecule has 0 fully saturated rings. The van der Waals surface area contributed by atoms with Gasteiger partial charge >= 0.3 is 0 Å². The van der Waals surface area contributed by atoms with Gasteiger partial charge in [0.15, 0.2) is 0 Å². The zero-order chi connectivity index (χ0) is 51.9. The van der Waals surface area contributed by atoms with Gasteiger partial charge in [-0.1, -0.05) is 45.7 Å².